The minimum atomic E-state index is -1.09. The molecule has 2 amide bonds. The monoisotopic (exact) mass is 475 g/mol. The van der Waals surface area contributed by atoms with Gasteiger partial charge in [0.1, 0.15) is 19.2 Å². The van der Waals surface area contributed by atoms with Crippen molar-refractivity contribution in [3.05, 3.63) is 59.7 Å². The maximum absolute atomic E-state index is 13.2. The molecule has 1 saturated carbocycles. The number of hydrogen-bond donors (Lipinski definition) is 2. The minimum absolute atomic E-state index is 0.104. The number of nitrogens with one attached hydrogen (secondary N) is 1. The smallest absolute Gasteiger partial charge is 0.407 e. The fraction of sp³-hybridized carbons (Fsp3) is 0.407. The third-order valence-electron chi connectivity index (χ3n) is 6.54. The number of ether oxygens (including phenoxy) is 1. The number of carbonyl (C=O) groups is 3. The molecule has 0 radical (unpaired) electrons. The van der Waals surface area contributed by atoms with E-state index >= 15 is 0 Å². The Kier molecular flexibility index (Phi) is 7.66. The van der Waals surface area contributed by atoms with Crippen LogP contribution in [0.25, 0.3) is 11.1 Å². The molecule has 0 aliphatic heterocycles. The second kappa shape index (κ2) is 11.0. The van der Waals surface area contributed by atoms with E-state index < -0.39 is 30.6 Å². The van der Waals surface area contributed by atoms with Gasteiger partial charge < -0.3 is 20.1 Å². The first-order chi connectivity index (χ1) is 17.0. The van der Waals surface area contributed by atoms with E-state index in [1.54, 1.807) is 0 Å². The number of benzene rings is 2. The van der Waals surface area contributed by atoms with Gasteiger partial charge in [-0.25, -0.2) is 4.79 Å². The van der Waals surface area contributed by atoms with E-state index in [-0.39, 0.29) is 18.6 Å². The zero-order chi connectivity index (χ0) is 24.8. The molecule has 182 valence electrons. The Bertz CT molecular complexity index is 1090. The summed E-state index contributed by atoms with van der Waals surface area (Å²) in [7, 11) is 0. The molecule has 0 spiro atoms. The largest absolute Gasteiger partial charge is 0.480 e. The van der Waals surface area contributed by atoms with Gasteiger partial charge >= 0.3 is 12.1 Å². The second-order valence-electron chi connectivity index (χ2n) is 9.02. The van der Waals surface area contributed by atoms with Gasteiger partial charge in [0.15, 0.2) is 0 Å². The van der Waals surface area contributed by atoms with Crippen molar-refractivity contribution < 1.29 is 24.2 Å². The van der Waals surface area contributed by atoms with Crippen molar-refractivity contribution in [2.24, 2.45) is 0 Å². The maximum Gasteiger partial charge on any atom is 0.407 e. The van der Waals surface area contributed by atoms with Gasteiger partial charge in [0.25, 0.3) is 0 Å². The summed E-state index contributed by atoms with van der Waals surface area (Å²) in [5, 5.41) is 20.7. The van der Waals surface area contributed by atoms with Crippen LogP contribution in [-0.2, 0) is 14.3 Å². The Balaban J connectivity index is 1.42. The van der Waals surface area contributed by atoms with Gasteiger partial charge in [0, 0.05) is 18.4 Å². The quantitative estimate of drug-likeness (QED) is 0.473. The maximum atomic E-state index is 13.2. The van der Waals surface area contributed by atoms with E-state index in [0.29, 0.717) is 25.7 Å². The van der Waals surface area contributed by atoms with Gasteiger partial charge in [0.2, 0.25) is 5.91 Å². The highest BCUT2D eigenvalue weighted by atomic mass is 16.5. The molecule has 2 aromatic carbocycles. The summed E-state index contributed by atoms with van der Waals surface area (Å²) in [6.07, 6.45) is 2.61. The second-order valence-corrected chi connectivity index (χ2v) is 9.02. The van der Waals surface area contributed by atoms with Gasteiger partial charge in [-0.1, -0.05) is 48.5 Å². The molecule has 2 aromatic rings. The average molecular weight is 476 g/mol. The summed E-state index contributed by atoms with van der Waals surface area (Å²) in [6.45, 7) is -0.277. The van der Waals surface area contributed by atoms with Crippen molar-refractivity contribution >= 4 is 18.0 Å². The van der Waals surface area contributed by atoms with E-state index in [9.17, 15) is 19.5 Å². The number of nitrogens with zero attached hydrogens (tertiary/aromatic N) is 2. The molecular weight excluding hydrogens is 446 g/mol. The number of rotatable bonds is 11. The molecule has 1 fully saturated rings. The normalized spacial score (nSPS) is 14.8. The van der Waals surface area contributed by atoms with Crippen molar-refractivity contribution in [2.45, 2.75) is 56.5 Å². The van der Waals surface area contributed by atoms with Gasteiger partial charge in [-0.15, -0.1) is 0 Å². The first kappa shape index (κ1) is 24.3. The van der Waals surface area contributed by atoms with Gasteiger partial charge in [-0.05, 0) is 54.4 Å². The fourth-order valence-electron chi connectivity index (χ4n) is 4.71. The Morgan fingerprint density at radius 1 is 1.06 bits per heavy atom. The van der Waals surface area contributed by atoms with Gasteiger partial charge in [-0.3, -0.25) is 9.59 Å². The molecule has 0 heterocycles. The molecule has 1 unspecified atom stereocenters. The lowest BCUT2D eigenvalue weighted by atomic mass is 9.98. The highest BCUT2D eigenvalue weighted by molar-refractivity contribution is 5.88. The molecule has 0 bridgehead atoms. The third-order valence-corrected chi connectivity index (χ3v) is 6.54. The molecule has 2 aliphatic carbocycles. The number of unbranched alkanes of at least 4 members (excludes halogenated alkanes) is 2. The van der Waals surface area contributed by atoms with Crippen LogP contribution >= 0.6 is 0 Å². The average Bonchev–Trinajstić information content (AvgIpc) is 3.65. The number of amides is 2. The number of fused-ring (bicyclic) bond motifs is 3. The van der Waals surface area contributed by atoms with Crippen LogP contribution in [0.3, 0.4) is 0 Å². The summed E-state index contributed by atoms with van der Waals surface area (Å²) in [6, 6.07) is 17.1. The lowest BCUT2D eigenvalue weighted by Gasteiger charge is -2.26. The summed E-state index contributed by atoms with van der Waals surface area (Å²) < 4.78 is 5.60. The number of carbonyl (C=O) groups excluding carboxylic acids is 2. The Morgan fingerprint density at radius 2 is 1.69 bits per heavy atom. The van der Waals surface area contributed by atoms with Crippen LogP contribution in [0.15, 0.2) is 48.5 Å². The van der Waals surface area contributed by atoms with Crippen LogP contribution in [0.5, 0.6) is 0 Å². The lowest BCUT2D eigenvalue weighted by Crippen LogP contribution is -2.51. The predicted octanol–water partition coefficient (Wildman–Crippen LogP) is 4.05. The Morgan fingerprint density at radius 3 is 2.26 bits per heavy atom. The molecule has 0 saturated heterocycles. The van der Waals surface area contributed by atoms with Crippen LogP contribution in [0.1, 0.15) is 55.6 Å². The van der Waals surface area contributed by atoms with E-state index in [4.69, 9.17) is 10.00 Å². The summed E-state index contributed by atoms with van der Waals surface area (Å²) >= 11 is 0. The number of aliphatic carboxylic acids is 1. The fourth-order valence-corrected chi connectivity index (χ4v) is 4.71. The molecule has 2 N–H and O–H groups in total. The SMILES string of the molecule is N#CCCCCC(NC(=O)OCC1c2ccccc2-c2ccccc21)C(=O)N(CC(=O)O)C1CC1. The lowest BCUT2D eigenvalue weighted by molar-refractivity contribution is -0.145. The third kappa shape index (κ3) is 5.80. The minimum Gasteiger partial charge on any atom is -0.480 e. The predicted molar refractivity (Wildman–Crippen MR) is 128 cm³/mol. The molecule has 4 rings (SSSR count). The highest BCUT2D eigenvalue weighted by Gasteiger charge is 2.37. The first-order valence-corrected chi connectivity index (χ1v) is 12.0. The van der Waals surface area contributed by atoms with Crippen LogP contribution in [0, 0.1) is 11.3 Å². The topological polar surface area (TPSA) is 120 Å². The van der Waals surface area contributed by atoms with Crippen LogP contribution in [0.4, 0.5) is 4.79 Å². The number of hydrogen-bond acceptors (Lipinski definition) is 5. The van der Waals surface area contributed by atoms with Crippen LogP contribution < -0.4 is 5.32 Å². The molecular formula is C27H29N3O5. The molecule has 8 heteroatoms. The number of carboxylic acids is 1. The van der Waals surface area contributed by atoms with Crippen molar-refractivity contribution in [3.63, 3.8) is 0 Å². The number of carboxylic acid groups (broad SMARTS) is 1. The highest BCUT2D eigenvalue weighted by Crippen LogP contribution is 2.44. The summed E-state index contributed by atoms with van der Waals surface area (Å²) in [5.74, 6) is -1.61. The number of nitriles is 1. The van der Waals surface area contributed by atoms with E-state index in [0.717, 1.165) is 35.1 Å². The summed E-state index contributed by atoms with van der Waals surface area (Å²) in [4.78, 5) is 38.6. The van der Waals surface area contributed by atoms with Crippen molar-refractivity contribution in [1.29, 1.82) is 5.26 Å². The van der Waals surface area contributed by atoms with Gasteiger partial charge in [-0.2, -0.15) is 5.26 Å². The van der Waals surface area contributed by atoms with Crippen molar-refractivity contribution in [2.75, 3.05) is 13.2 Å². The molecule has 2 aliphatic rings. The van der Waals surface area contributed by atoms with Crippen LogP contribution in [-0.4, -0.2) is 53.2 Å². The molecule has 35 heavy (non-hydrogen) atoms. The van der Waals surface area contributed by atoms with Gasteiger partial charge in [0.05, 0.1) is 6.07 Å². The Labute approximate surface area is 204 Å². The van der Waals surface area contributed by atoms with E-state index in [1.165, 1.54) is 4.90 Å². The van der Waals surface area contributed by atoms with E-state index in [2.05, 4.69) is 23.5 Å². The van der Waals surface area contributed by atoms with Crippen molar-refractivity contribution in [1.82, 2.24) is 10.2 Å². The molecule has 8 nitrogen and oxygen atoms in total. The number of alkyl carbamates (subject to hydrolysis) is 1. The van der Waals surface area contributed by atoms with Crippen LogP contribution in [0.2, 0.25) is 0 Å². The molecule has 0 aromatic heterocycles. The van der Waals surface area contributed by atoms with E-state index in [1.807, 2.05) is 36.4 Å². The standard InChI is InChI=1S/C27H29N3O5/c28-15-7-1-2-12-24(26(33)30(16-25(31)32)18-13-14-18)29-27(34)35-17-23-21-10-5-3-8-19(21)20-9-4-6-11-22(20)23/h3-6,8-11,18,23-24H,1-2,7,12-14,16-17H2,(H,29,34)(H,31,32). The van der Waals surface area contributed by atoms with Crippen molar-refractivity contribution in [3.8, 4) is 17.2 Å². The Hall–Kier alpha value is -3.86. The zero-order valence-corrected chi connectivity index (χ0v) is 19.5. The first-order valence-electron chi connectivity index (χ1n) is 12.0. The zero-order valence-electron chi connectivity index (χ0n) is 19.5. The molecule has 1 atom stereocenters. The summed E-state index contributed by atoms with van der Waals surface area (Å²) in [5.41, 5.74) is 4.42.